The highest BCUT2D eigenvalue weighted by Crippen LogP contribution is 2.17. The Hall–Kier alpha value is -2.25. The van der Waals surface area contributed by atoms with E-state index in [-0.39, 0.29) is 19.8 Å². The van der Waals surface area contributed by atoms with Crippen LogP contribution in [0.1, 0.15) is 5.76 Å². The number of halogens is 2. The van der Waals surface area contributed by atoms with Crippen molar-refractivity contribution in [3.8, 4) is 0 Å². The van der Waals surface area contributed by atoms with Crippen molar-refractivity contribution in [1.29, 1.82) is 0 Å². The van der Waals surface area contributed by atoms with Crippen molar-refractivity contribution in [2.24, 2.45) is 0 Å². The van der Waals surface area contributed by atoms with Crippen LogP contribution in [0, 0.1) is 11.6 Å². The van der Waals surface area contributed by atoms with E-state index in [0.29, 0.717) is 16.8 Å². The summed E-state index contributed by atoms with van der Waals surface area (Å²) in [6.45, 7) is 0.512. The van der Waals surface area contributed by atoms with Gasteiger partial charge >= 0.3 is 0 Å². The van der Waals surface area contributed by atoms with Gasteiger partial charge in [-0.15, -0.1) is 0 Å². The molecule has 0 aliphatic carbocycles. The molecule has 22 heavy (non-hydrogen) atoms. The van der Waals surface area contributed by atoms with Crippen LogP contribution in [0.3, 0.4) is 0 Å². The van der Waals surface area contributed by atoms with E-state index in [0.717, 1.165) is 12.1 Å². The van der Waals surface area contributed by atoms with Gasteiger partial charge in [-0.1, -0.05) is 0 Å². The van der Waals surface area contributed by atoms with Gasteiger partial charge < -0.3 is 18.8 Å². The number of fused-ring (bicyclic) bond motifs is 1. The highest BCUT2D eigenvalue weighted by molar-refractivity contribution is 5.75. The van der Waals surface area contributed by atoms with Gasteiger partial charge in [0.2, 0.25) is 0 Å². The maximum absolute atomic E-state index is 13.3. The minimum absolute atomic E-state index is 0.0874. The molecule has 0 amide bonds. The van der Waals surface area contributed by atoms with Crippen LogP contribution >= 0.6 is 0 Å². The number of aromatic nitrogens is 2. The van der Waals surface area contributed by atoms with Gasteiger partial charge in [0.1, 0.15) is 12.4 Å². The van der Waals surface area contributed by atoms with Gasteiger partial charge in [0.05, 0.1) is 42.9 Å². The summed E-state index contributed by atoms with van der Waals surface area (Å²) in [4.78, 5) is 3.98. The Bertz CT molecular complexity index is 756. The molecule has 1 N–H and O–H groups in total. The van der Waals surface area contributed by atoms with Crippen LogP contribution in [0.25, 0.3) is 11.0 Å². The third kappa shape index (κ3) is 3.15. The average Bonchev–Trinajstić information content (AvgIpc) is 3.11. The smallest absolute Gasteiger partial charge is 0.161 e. The first-order chi connectivity index (χ1) is 10.6. The fourth-order valence-electron chi connectivity index (χ4n) is 2.17. The Morgan fingerprint density at radius 1 is 1.32 bits per heavy atom. The number of hydrogen-bond acceptors (Lipinski definition) is 4. The van der Waals surface area contributed by atoms with Gasteiger partial charge in [0.25, 0.3) is 0 Å². The number of aliphatic hydroxyl groups is 1. The van der Waals surface area contributed by atoms with Gasteiger partial charge in [-0.25, -0.2) is 13.8 Å². The van der Waals surface area contributed by atoms with E-state index in [4.69, 9.17) is 9.15 Å². The SMILES string of the molecule is O[C@H](COCc1ccco1)Cn1cnc2cc(F)c(F)cc21. The van der Waals surface area contributed by atoms with E-state index < -0.39 is 17.7 Å². The van der Waals surface area contributed by atoms with Gasteiger partial charge in [0, 0.05) is 12.1 Å². The molecule has 0 aliphatic rings. The Morgan fingerprint density at radius 3 is 2.91 bits per heavy atom. The van der Waals surface area contributed by atoms with E-state index in [2.05, 4.69) is 4.98 Å². The van der Waals surface area contributed by atoms with Crippen LogP contribution in [0.15, 0.2) is 41.3 Å². The Morgan fingerprint density at radius 2 is 2.14 bits per heavy atom. The molecule has 7 heteroatoms. The molecule has 0 radical (unpaired) electrons. The molecule has 1 atom stereocenters. The first-order valence-electron chi connectivity index (χ1n) is 6.71. The molecular formula is C15H14F2N2O3. The number of rotatable bonds is 6. The number of imidazole rings is 1. The number of furan rings is 1. The second-order valence-electron chi connectivity index (χ2n) is 4.90. The van der Waals surface area contributed by atoms with Crippen LogP contribution in [0.2, 0.25) is 0 Å². The van der Waals surface area contributed by atoms with Crippen molar-refractivity contribution in [3.63, 3.8) is 0 Å². The van der Waals surface area contributed by atoms with Crippen molar-refractivity contribution < 1.29 is 23.0 Å². The molecule has 2 aromatic heterocycles. The Labute approximate surface area is 124 Å². The lowest BCUT2D eigenvalue weighted by Gasteiger charge is -2.12. The topological polar surface area (TPSA) is 60.4 Å². The maximum atomic E-state index is 13.3. The van der Waals surface area contributed by atoms with Crippen LogP contribution in [-0.4, -0.2) is 27.4 Å². The van der Waals surface area contributed by atoms with E-state index in [9.17, 15) is 13.9 Å². The summed E-state index contributed by atoms with van der Waals surface area (Å²) in [6.07, 6.45) is 2.17. The van der Waals surface area contributed by atoms with Gasteiger partial charge in [0.15, 0.2) is 11.6 Å². The molecular weight excluding hydrogens is 294 g/mol. The molecule has 5 nitrogen and oxygen atoms in total. The number of benzene rings is 1. The highest BCUT2D eigenvalue weighted by atomic mass is 19.2. The number of nitrogens with zero attached hydrogens (tertiary/aromatic N) is 2. The van der Waals surface area contributed by atoms with Gasteiger partial charge in [-0.2, -0.15) is 0 Å². The van der Waals surface area contributed by atoms with Gasteiger partial charge in [-0.05, 0) is 12.1 Å². The molecule has 0 bridgehead atoms. The van der Waals surface area contributed by atoms with Crippen molar-refractivity contribution in [2.75, 3.05) is 6.61 Å². The summed E-state index contributed by atoms with van der Waals surface area (Å²) in [5.74, 6) is -1.23. The molecule has 3 rings (SSSR count). The lowest BCUT2D eigenvalue weighted by molar-refractivity contribution is 0.0151. The highest BCUT2D eigenvalue weighted by Gasteiger charge is 2.12. The fraction of sp³-hybridized carbons (Fsp3) is 0.267. The average molecular weight is 308 g/mol. The van der Waals surface area contributed by atoms with Crippen molar-refractivity contribution in [3.05, 3.63) is 54.3 Å². The molecule has 0 unspecified atom stereocenters. The third-order valence-electron chi connectivity index (χ3n) is 3.21. The minimum Gasteiger partial charge on any atom is -0.467 e. The predicted octanol–water partition coefficient (Wildman–Crippen LogP) is 2.49. The van der Waals surface area contributed by atoms with E-state index in [1.165, 1.54) is 6.33 Å². The molecule has 0 saturated heterocycles. The first-order valence-corrected chi connectivity index (χ1v) is 6.71. The van der Waals surface area contributed by atoms with Crippen LogP contribution in [0.4, 0.5) is 8.78 Å². The molecule has 0 saturated carbocycles. The summed E-state index contributed by atoms with van der Waals surface area (Å²) in [5, 5.41) is 9.96. The molecule has 1 aromatic carbocycles. The van der Waals surface area contributed by atoms with Crippen LogP contribution in [0.5, 0.6) is 0 Å². The molecule has 0 aliphatic heterocycles. The molecule has 3 aromatic rings. The Balaban J connectivity index is 1.61. The second kappa shape index (κ2) is 6.25. The Kier molecular flexibility index (Phi) is 4.17. The predicted molar refractivity (Wildman–Crippen MR) is 74.0 cm³/mol. The molecule has 2 heterocycles. The monoisotopic (exact) mass is 308 g/mol. The maximum Gasteiger partial charge on any atom is 0.161 e. The second-order valence-corrected chi connectivity index (χ2v) is 4.90. The van der Waals surface area contributed by atoms with Crippen molar-refractivity contribution in [2.45, 2.75) is 19.3 Å². The molecule has 0 spiro atoms. The van der Waals surface area contributed by atoms with E-state index in [1.807, 2.05) is 0 Å². The molecule has 0 fully saturated rings. The van der Waals surface area contributed by atoms with Crippen LogP contribution < -0.4 is 0 Å². The molecule has 116 valence electrons. The summed E-state index contributed by atoms with van der Waals surface area (Å²) in [5.41, 5.74) is 0.756. The quantitative estimate of drug-likeness (QED) is 0.760. The third-order valence-corrected chi connectivity index (χ3v) is 3.21. The zero-order valence-electron chi connectivity index (χ0n) is 11.6. The summed E-state index contributed by atoms with van der Waals surface area (Å²) in [6, 6.07) is 5.61. The number of ether oxygens (including phenoxy) is 1. The number of aliphatic hydroxyl groups excluding tert-OH is 1. The van der Waals surface area contributed by atoms with Crippen LogP contribution in [-0.2, 0) is 17.9 Å². The fourth-order valence-corrected chi connectivity index (χ4v) is 2.17. The summed E-state index contributed by atoms with van der Waals surface area (Å²) in [7, 11) is 0. The summed E-state index contributed by atoms with van der Waals surface area (Å²) < 4.78 is 38.4. The largest absolute Gasteiger partial charge is 0.467 e. The van der Waals surface area contributed by atoms with E-state index in [1.54, 1.807) is 23.0 Å². The normalized spacial score (nSPS) is 12.9. The van der Waals surface area contributed by atoms with Gasteiger partial charge in [-0.3, -0.25) is 0 Å². The minimum atomic E-state index is -0.946. The van der Waals surface area contributed by atoms with Crippen molar-refractivity contribution in [1.82, 2.24) is 9.55 Å². The number of hydrogen-bond donors (Lipinski definition) is 1. The van der Waals surface area contributed by atoms with E-state index >= 15 is 0 Å². The zero-order valence-corrected chi connectivity index (χ0v) is 11.6. The summed E-state index contributed by atoms with van der Waals surface area (Å²) >= 11 is 0. The van der Waals surface area contributed by atoms with Crippen molar-refractivity contribution >= 4 is 11.0 Å². The standard InChI is InChI=1S/C15H14F2N2O3/c16-12-4-14-15(5-13(12)17)19(9-18-14)6-10(20)7-21-8-11-2-1-3-22-11/h1-5,9-10,20H,6-8H2/t10-/m0/s1. The lowest BCUT2D eigenvalue weighted by atomic mass is 10.3. The zero-order chi connectivity index (χ0) is 15.5. The first kappa shape index (κ1) is 14.7. The lowest BCUT2D eigenvalue weighted by Crippen LogP contribution is -2.21.